The molecule has 0 bridgehead atoms. The first-order valence-electron chi connectivity index (χ1n) is 5.43. The zero-order valence-electron chi connectivity index (χ0n) is 10.2. The molecule has 1 aromatic rings. The Hall–Kier alpha value is -2.65. The van der Waals surface area contributed by atoms with Crippen molar-refractivity contribution < 1.29 is 32.8 Å². The molecule has 0 aliphatic carbocycles. The molecule has 1 amide bonds. The number of amides is 1. The van der Waals surface area contributed by atoms with Crippen molar-refractivity contribution in [2.45, 2.75) is 18.6 Å². The molecule has 1 aromatic carbocycles. The number of hydrogen-bond acceptors (Lipinski definition) is 5. The van der Waals surface area contributed by atoms with Crippen molar-refractivity contribution in [3.8, 4) is 0 Å². The van der Waals surface area contributed by atoms with E-state index >= 15 is 0 Å². The summed E-state index contributed by atoms with van der Waals surface area (Å²) in [5.41, 5.74) is -0.351. The lowest BCUT2D eigenvalue weighted by Crippen LogP contribution is -2.41. The summed E-state index contributed by atoms with van der Waals surface area (Å²) >= 11 is 0. The van der Waals surface area contributed by atoms with Gasteiger partial charge in [-0.05, 0) is 5.56 Å². The maximum atomic E-state index is 12.2. The van der Waals surface area contributed by atoms with E-state index in [1.54, 1.807) is 0 Å². The molecule has 0 aliphatic heterocycles. The predicted octanol–water partition coefficient (Wildman–Crippen LogP) is 0.454. The van der Waals surface area contributed by atoms with Crippen LogP contribution in [0.15, 0.2) is 24.3 Å². The minimum Gasteiger partial charge on any atom is -0.550 e. The van der Waals surface area contributed by atoms with Gasteiger partial charge in [-0.3, -0.25) is 14.9 Å². The number of non-ortho nitro benzene ring substituents is 1. The lowest BCUT2D eigenvalue weighted by Gasteiger charge is -2.20. The van der Waals surface area contributed by atoms with E-state index in [0.717, 1.165) is 24.3 Å². The van der Waals surface area contributed by atoms with Crippen molar-refractivity contribution in [3.05, 3.63) is 39.9 Å². The average Bonchev–Trinajstić information content (AvgIpc) is 2.36. The number of benzene rings is 1. The van der Waals surface area contributed by atoms with Crippen LogP contribution in [0.4, 0.5) is 18.9 Å². The van der Waals surface area contributed by atoms with Gasteiger partial charge < -0.3 is 15.2 Å². The van der Waals surface area contributed by atoms with Crippen LogP contribution >= 0.6 is 0 Å². The highest BCUT2D eigenvalue weighted by Crippen LogP contribution is 2.23. The third-order valence-electron chi connectivity index (χ3n) is 2.44. The maximum absolute atomic E-state index is 12.2. The quantitative estimate of drug-likeness (QED) is 0.627. The average molecular weight is 305 g/mol. The summed E-state index contributed by atoms with van der Waals surface area (Å²) < 4.78 is 36.5. The predicted molar refractivity (Wildman–Crippen MR) is 59.7 cm³/mol. The number of nitro benzene ring substituents is 1. The third-order valence-corrected chi connectivity index (χ3v) is 2.44. The van der Waals surface area contributed by atoms with E-state index in [2.05, 4.69) is 0 Å². The Balaban J connectivity index is 2.99. The number of carboxylic acids is 1. The number of nitro groups is 1. The molecule has 10 heteroatoms. The number of carbonyl (C=O) groups excluding carboxylic acids is 2. The van der Waals surface area contributed by atoms with E-state index < -0.39 is 35.4 Å². The van der Waals surface area contributed by atoms with Crippen LogP contribution in [0.25, 0.3) is 0 Å². The van der Waals surface area contributed by atoms with Gasteiger partial charge in [-0.1, -0.05) is 12.1 Å². The third kappa shape index (κ3) is 4.75. The second kappa shape index (κ2) is 6.20. The molecule has 21 heavy (non-hydrogen) atoms. The molecule has 0 spiro atoms. The SMILES string of the molecule is O=C([O-])C[C@@H](NC(=O)C(F)(F)F)c1ccc([N+](=O)[O-])cc1. The number of carboxylic acid groups (broad SMARTS) is 1. The smallest absolute Gasteiger partial charge is 0.471 e. The van der Waals surface area contributed by atoms with Gasteiger partial charge in [0.05, 0.1) is 11.0 Å². The minimum atomic E-state index is -5.18. The van der Waals surface area contributed by atoms with E-state index in [0.29, 0.717) is 0 Å². The maximum Gasteiger partial charge on any atom is 0.471 e. The standard InChI is InChI=1S/C11H9F3N2O5/c12-11(13,14)10(19)15-8(5-9(17)18)6-1-3-7(4-2-6)16(20)21/h1-4,8H,5H2,(H,15,19)(H,17,18)/p-1/t8-/m1/s1. The normalized spacial score (nSPS) is 12.5. The molecule has 0 unspecified atom stereocenters. The van der Waals surface area contributed by atoms with Gasteiger partial charge in [0.2, 0.25) is 0 Å². The van der Waals surface area contributed by atoms with E-state index in [9.17, 15) is 38.0 Å². The topological polar surface area (TPSA) is 112 Å². The van der Waals surface area contributed by atoms with Crippen molar-refractivity contribution in [2.75, 3.05) is 0 Å². The number of nitrogens with one attached hydrogen (secondary N) is 1. The van der Waals surface area contributed by atoms with Crippen LogP contribution < -0.4 is 10.4 Å². The number of nitrogens with zero attached hydrogens (tertiary/aromatic N) is 1. The fraction of sp³-hybridized carbons (Fsp3) is 0.273. The fourth-order valence-electron chi connectivity index (χ4n) is 1.49. The Morgan fingerprint density at radius 2 is 1.76 bits per heavy atom. The minimum absolute atomic E-state index is 0.0256. The van der Waals surface area contributed by atoms with Crippen LogP contribution in [-0.4, -0.2) is 23.0 Å². The van der Waals surface area contributed by atoms with Crippen LogP contribution in [0, 0.1) is 10.1 Å². The number of hydrogen-bond donors (Lipinski definition) is 1. The van der Waals surface area contributed by atoms with Gasteiger partial charge in [0.1, 0.15) is 0 Å². The Bertz CT molecular complexity index is 556. The summed E-state index contributed by atoms with van der Waals surface area (Å²) in [6.45, 7) is 0. The highest BCUT2D eigenvalue weighted by Gasteiger charge is 2.39. The molecule has 0 aliphatic rings. The lowest BCUT2D eigenvalue weighted by atomic mass is 10.0. The first-order valence-corrected chi connectivity index (χ1v) is 5.43. The van der Waals surface area contributed by atoms with Crippen LogP contribution in [-0.2, 0) is 9.59 Å². The molecule has 0 heterocycles. The van der Waals surface area contributed by atoms with Gasteiger partial charge >= 0.3 is 12.1 Å². The summed E-state index contributed by atoms with van der Waals surface area (Å²) in [6, 6.07) is 2.57. The number of rotatable bonds is 5. The van der Waals surface area contributed by atoms with Crippen molar-refractivity contribution >= 4 is 17.6 Å². The molecule has 0 saturated carbocycles. The second-order valence-corrected chi connectivity index (χ2v) is 3.95. The van der Waals surface area contributed by atoms with E-state index in [1.165, 1.54) is 5.32 Å². The number of halogens is 3. The van der Waals surface area contributed by atoms with Gasteiger partial charge in [-0.25, -0.2) is 0 Å². The molecule has 114 valence electrons. The number of alkyl halides is 3. The van der Waals surface area contributed by atoms with E-state index in [4.69, 9.17) is 0 Å². The second-order valence-electron chi connectivity index (χ2n) is 3.95. The van der Waals surface area contributed by atoms with Crippen LogP contribution in [0.2, 0.25) is 0 Å². The Morgan fingerprint density at radius 1 is 1.24 bits per heavy atom. The van der Waals surface area contributed by atoms with Gasteiger partial charge in [-0.15, -0.1) is 0 Å². The van der Waals surface area contributed by atoms with Gasteiger partial charge in [0.15, 0.2) is 0 Å². The van der Waals surface area contributed by atoms with Gasteiger partial charge in [0.25, 0.3) is 5.69 Å². The summed E-state index contributed by atoms with van der Waals surface area (Å²) in [6.07, 6.45) is -6.08. The highest BCUT2D eigenvalue weighted by atomic mass is 19.4. The summed E-state index contributed by atoms with van der Waals surface area (Å²) in [4.78, 5) is 31.1. The van der Waals surface area contributed by atoms with E-state index in [-0.39, 0.29) is 11.3 Å². The van der Waals surface area contributed by atoms with E-state index in [1.807, 2.05) is 0 Å². The Kier molecular flexibility index (Phi) is 4.84. The number of carbonyl (C=O) groups is 2. The van der Waals surface area contributed by atoms with Crippen LogP contribution in [0.5, 0.6) is 0 Å². The fourth-order valence-corrected chi connectivity index (χ4v) is 1.49. The Morgan fingerprint density at radius 3 is 2.14 bits per heavy atom. The Labute approximate surface area is 115 Å². The molecular weight excluding hydrogens is 297 g/mol. The number of aliphatic carboxylic acids is 1. The molecule has 7 nitrogen and oxygen atoms in total. The van der Waals surface area contributed by atoms with Crippen molar-refractivity contribution in [3.63, 3.8) is 0 Å². The zero-order chi connectivity index (χ0) is 16.2. The monoisotopic (exact) mass is 305 g/mol. The molecular formula is C11H8F3N2O5-. The van der Waals surface area contributed by atoms with Crippen molar-refractivity contribution in [2.24, 2.45) is 0 Å². The molecule has 0 aromatic heterocycles. The first kappa shape index (κ1) is 16.4. The lowest BCUT2D eigenvalue weighted by molar-refractivity contribution is -0.384. The van der Waals surface area contributed by atoms with Crippen LogP contribution in [0.1, 0.15) is 18.0 Å². The van der Waals surface area contributed by atoms with Gasteiger partial charge in [0, 0.05) is 24.5 Å². The molecule has 1 atom stereocenters. The summed E-state index contributed by atoms with van der Waals surface area (Å²) in [5.74, 6) is -3.99. The van der Waals surface area contributed by atoms with Crippen LogP contribution in [0.3, 0.4) is 0 Å². The summed E-state index contributed by atoms with van der Waals surface area (Å²) in [5, 5.41) is 22.5. The zero-order valence-corrected chi connectivity index (χ0v) is 10.2. The molecule has 0 radical (unpaired) electrons. The molecule has 1 N–H and O–H groups in total. The molecule has 1 rings (SSSR count). The highest BCUT2D eigenvalue weighted by molar-refractivity contribution is 5.82. The largest absolute Gasteiger partial charge is 0.550 e. The molecule has 0 saturated heterocycles. The van der Waals surface area contributed by atoms with Gasteiger partial charge in [-0.2, -0.15) is 13.2 Å². The van der Waals surface area contributed by atoms with Crippen molar-refractivity contribution in [1.82, 2.24) is 5.32 Å². The summed E-state index contributed by atoms with van der Waals surface area (Å²) in [7, 11) is 0. The first-order chi connectivity index (χ1) is 9.61. The van der Waals surface area contributed by atoms with Crippen molar-refractivity contribution in [1.29, 1.82) is 0 Å². The molecule has 0 fully saturated rings.